The second-order valence-electron chi connectivity index (χ2n) is 3.93. The Morgan fingerprint density at radius 2 is 1.94 bits per heavy atom. The maximum absolute atomic E-state index is 6.12. The van der Waals surface area contributed by atoms with Crippen molar-refractivity contribution in [2.45, 2.75) is 13.8 Å². The fourth-order valence-corrected chi connectivity index (χ4v) is 1.94. The predicted octanol–water partition coefficient (Wildman–Crippen LogP) is 2.80. The minimum absolute atomic E-state index is 0.247. The fraction of sp³-hybridized carbons (Fsp3) is 0.167. The summed E-state index contributed by atoms with van der Waals surface area (Å²) in [5.74, 6) is 0. The Morgan fingerprint density at radius 3 is 2.39 bits per heavy atom. The highest BCUT2D eigenvalue weighted by molar-refractivity contribution is 7.80. The standard InChI is InChI=1S/C12H13ClN4S/c1-7-11(13)8(2)17(16-7)10-5-3-9(4-6-10)15-12(14)18/h3-6H,1-2H3,(H3,14,15,18). The highest BCUT2D eigenvalue weighted by Gasteiger charge is 2.10. The molecular weight excluding hydrogens is 268 g/mol. The van der Waals surface area contributed by atoms with E-state index in [0.29, 0.717) is 5.02 Å². The second kappa shape index (κ2) is 4.96. The molecule has 4 nitrogen and oxygen atoms in total. The molecule has 0 aliphatic carbocycles. The Kier molecular flexibility index (Phi) is 3.54. The normalized spacial score (nSPS) is 10.4. The largest absolute Gasteiger partial charge is 0.376 e. The molecule has 0 aliphatic heterocycles. The summed E-state index contributed by atoms with van der Waals surface area (Å²) in [5, 5.41) is 8.19. The molecule has 0 bridgehead atoms. The van der Waals surface area contributed by atoms with E-state index in [-0.39, 0.29) is 5.11 Å². The Balaban J connectivity index is 2.34. The molecule has 1 aromatic carbocycles. The lowest BCUT2D eigenvalue weighted by Crippen LogP contribution is -2.18. The van der Waals surface area contributed by atoms with Gasteiger partial charge < -0.3 is 11.1 Å². The number of anilines is 1. The van der Waals surface area contributed by atoms with Gasteiger partial charge in [0.05, 0.1) is 22.1 Å². The van der Waals surface area contributed by atoms with Gasteiger partial charge in [0, 0.05) is 5.69 Å². The lowest BCUT2D eigenvalue weighted by molar-refractivity contribution is 0.834. The number of aromatic nitrogens is 2. The van der Waals surface area contributed by atoms with Gasteiger partial charge in [0.25, 0.3) is 0 Å². The van der Waals surface area contributed by atoms with Crippen LogP contribution >= 0.6 is 23.8 Å². The average molecular weight is 281 g/mol. The van der Waals surface area contributed by atoms with Gasteiger partial charge in [-0.15, -0.1) is 0 Å². The lowest BCUT2D eigenvalue weighted by atomic mass is 10.3. The Bertz CT molecular complexity index is 589. The number of nitrogens with one attached hydrogen (secondary N) is 1. The topological polar surface area (TPSA) is 55.9 Å². The molecule has 1 aromatic heterocycles. The average Bonchev–Trinajstić information content (AvgIpc) is 2.57. The first-order valence-electron chi connectivity index (χ1n) is 5.37. The molecule has 0 fully saturated rings. The number of hydrogen-bond donors (Lipinski definition) is 2. The molecule has 0 spiro atoms. The molecule has 0 aliphatic rings. The van der Waals surface area contributed by atoms with Gasteiger partial charge in [0.1, 0.15) is 0 Å². The summed E-state index contributed by atoms with van der Waals surface area (Å²) in [5.41, 5.74) is 8.93. The van der Waals surface area contributed by atoms with Crippen LogP contribution in [0.4, 0.5) is 5.69 Å². The first-order valence-corrected chi connectivity index (χ1v) is 6.16. The zero-order chi connectivity index (χ0) is 13.3. The number of nitrogens with zero attached hydrogens (tertiary/aromatic N) is 2. The van der Waals surface area contributed by atoms with E-state index in [0.717, 1.165) is 22.8 Å². The number of aryl methyl sites for hydroxylation is 1. The first kappa shape index (κ1) is 12.9. The molecule has 0 saturated heterocycles. The molecule has 0 unspecified atom stereocenters. The van der Waals surface area contributed by atoms with Crippen LogP contribution in [0.25, 0.3) is 5.69 Å². The van der Waals surface area contributed by atoms with Crippen LogP contribution in [-0.4, -0.2) is 14.9 Å². The van der Waals surface area contributed by atoms with Gasteiger partial charge in [-0.1, -0.05) is 11.6 Å². The van der Waals surface area contributed by atoms with Crippen molar-refractivity contribution in [2.24, 2.45) is 5.73 Å². The minimum atomic E-state index is 0.247. The van der Waals surface area contributed by atoms with Crippen molar-refractivity contribution < 1.29 is 0 Å². The Morgan fingerprint density at radius 1 is 1.33 bits per heavy atom. The van der Waals surface area contributed by atoms with Crippen molar-refractivity contribution in [1.82, 2.24) is 9.78 Å². The molecule has 2 aromatic rings. The van der Waals surface area contributed by atoms with Gasteiger partial charge in [-0.25, -0.2) is 4.68 Å². The van der Waals surface area contributed by atoms with E-state index in [1.54, 1.807) is 0 Å². The molecule has 18 heavy (non-hydrogen) atoms. The number of rotatable bonds is 2. The van der Waals surface area contributed by atoms with Crippen molar-refractivity contribution in [3.8, 4) is 5.69 Å². The van der Waals surface area contributed by atoms with Crippen molar-refractivity contribution >= 4 is 34.6 Å². The lowest BCUT2D eigenvalue weighted by Gasteiger charge is -2.07. The van der Waals surface area contributed by atoms with Crippen LogP contribution in [0, 0.1) is 13.8 Å². The van der Waals surface area contributed by atoms with Gasteiger partial charge in [-0.05, 0) is 50.3 Å². The van der Waals surface area contributed by atoms with Crippen LogP contribution in [0.1, 0.15) is 11.4 Å². The van der Waals surface area contributed by atoms with E-state index >= 15 is 0 Å². The predicted molar refractivity (Wildman–Crippen MR) is 78.5 cm³/mol. The van der Waals surface area contributed by atoms with Gasteiger partial charge in [-0.2, -0.15) is 5.10 Å². The summed E-state index contributed by atoms with van der Waals surface area (Å²) in [6.07, 6.45) is 0. The molecule has 0 amide bonds. The van der Waals surface area contributed by atoms with Crippen molar-refractivity contribution in [1.29, 1.82) is 0 Å². The number of nitrogens with two attached hydrogens (primary N) is 1. The minimum Gasteiger partial charge on any atom is -0.376 e. The van der Waals surface area contributed by atoms with E-state index in [1.165, 1.54) is 0 Å². The third kappa shape index (κ3) is 2.47. The summed E-state index contributed by atoms with van der Waals surface area (Å²) in [6, 6.07) is 7.63. The second-order valence-corrected chi connectivity index (χ2v) is 4.75. The third-order valence-electron chi connectivity index (χ3n) is 2.58. The van der Waals surface area contributed by atoms with Crippen molar-refractivity contribution in [3.63, 3.8) is 0 Å². The summed E-state index contributed by atoms with van der Waals surface area (Å²) < 4.78 is 1.81. The Labute approximate surface area is 116 Å². The van der Waals surface area contributed by atoms with Crippen LogP contribution in [0.15, 0.2) is 24.3 Å². The zero-order valence-corrected chi connectivity index (χ0v) is 11.6. The molecular formula is C12H13ClN4S. The van der Waals surface area contributed by atoms with Gasteiger partial charge in [-0.3, -0.25) is 0 Å². The maximum atomic E-state index is 6.12. The van der Waals surface area contributed by atoms with Crippen LogP contribution in [0.3, 0.4) is 0 Å². The summed E-state index contributed by atoms with van der Waals surface area (Å²) >= 11 is 10.9. The van der Waals surface area contributed by atoms with Crippen LogP contribution in [0.5, 0.6) is 0 Å². The Hall–Kier alpha value is -1.59. The summed E-state index contributed by atoms with van der Waals surface area (Å²) in [6.45, 7) is 3.82. The quantitative estimate of drug-likeness (QED) is 0.831. The van der Waals surface area contributed by atoms with Crippen molar-refractivity contribution in [3.05, 3.63) is 40.7 Å². The molecule has 0 atom stereocenters. The summed E-state index contributed by atoms with van der Waals surface area (Å²) in [7, 11) is 0. The monoisotopic (exact) mass is 280 g/mol. The van der Waals surface area contributed by atoms with E-state index in [4.69, 9.17) is 29.6 Å². The highest BCUT2D eigenvalue weighted by Crippen LogP contribution is 2.23. The fourth-order valence-electron chi connectivity index (χ4n) is 1.70. The third-order valence-corrected chi connectivity index (χ3v) is 3.23. The number of benzene rings is 1. The van der Waals surface area contributed by atoms with E-state index in [9.17, 15) is 0 Å². The molecule has 0 saturated carbocycles. The van der Waals surface area contributed by atoms with Gasteiger partial charge >= 0.3 is 0 Å². The van der Waals surface area contributed by atoms with E-state index in [1.807, 2.05) is 42.8 Å². The molecule has 2 rings (SSSR count). The molecule has 0 radical (unpaired) electrons. The van der Waals surface area contributed by atoms with Crippen LogP contribution in [0.2, 0.25) is 5.02 Å². The number of hydrogen-bond acceptors (Lipinski definition) is 2. The van der Waals surface area contributed by atoms with Crippen LogP contribution < -0.4 is 11.1 Å². The van der Waals surface area contributed by atoms with E-state index < -0.39 is 0 Å². The summed E-state index contributed by atoms with van der Waals surface area (Å²) in [4.78, 5) is 0. The maximum Gasteiger partial charge on any atom is 0.168 e. The van der Waals surface area contributed by atoms with Gasteiger partial charge in [0.2, 0.25) is 0 Å². The van der Waals surface area contributed by atoms with E-state index in [2.05, 4.69) is 10.4 Å². The smallest absolute Gasteiger partial charge is 0.168 e. The number of halogens is 1. The van der Waals surface area contributed by atoms with Crippen molar-refractivity contribution in [2.75, 3.05) is 5.32 Å². The highest BCUT2D eigenvalue weighted by atomic mass is 35.5. The molecule has 6 heteroatoms. The zero-order valence-electron chi connectivity index (χ0n) is 10.1. The SMILES string of the molecule is Cc1nn(-c2ccc(NC(N)=S)cc2)c(C)c1Cl. The molecule has 1 heterocycles. The molecule has 3 N–H and O–H groups in total. The van der Waals surface area contributed by atoms with Crippen LogP contribution in [-0.2, 0) is 0 Å². The molecule has 94 valence electrons. The first-order chi connectivity index (χ1) is 8.49. The van der Waals surface area contributed by atoms with Gasteiger partial charge in [0.15, 0.2) is 5.11 Å². The number of thiocarbonyl (C=S) groups is 1.